The Hall–Kier alpha value is -3.39. The molecule has 34 heavy (non-hydrogen) atoms. The van der Waals surface area contributed by atoms with Gasteiger partial charge in [0.1, 0.15) is 12.6 Å². The minimum Gasteiger partial charge on any atom is -0.479 e. The predicted octanol–water partition coefficient (Wildman–Crippen LogP) is 3.28. The van der Waals surface area contributed by atoms with Gasteiger partial charge in [-0.25, -0.2) is 9.59 Å². The fourth-order valence-electron chi connectivity index (χ4n) is 4.13. The van der Waals surface area contributed by atoms with Gasteiger partial charge in [0.15, 0.2) is 6.10 Å². The Morgan fingerprint density at radius 3 is 2.09 bits per heavy atom. The Bertz CT molecular complexity index is 976. The fraction of sp³-hybridized carbons (Fsp3) is 0.423. The van der Waals surface area contributed by atoms with Crippen LogP contribution in [0.4, 0.5) is 4.79 Å². The first kappa shape index (κ1) is 25.2. The third-order valence-electron chi connectivity index (χ3n) is 5.99. The van der Waals surface area contributed by atoms with Crippen LogP contribution in [0.1, 0.15) is 50.2 Å². The second-order valence-electron chi connectivity index (χ2n) is 8.93. The number of alkyl carbamates (subject to hydrolysis) is 1. The van der Waals surface area contributed by atoms with Crippen molar-refractivity contribution in [3.8, 4) is 11.1 Å². The van der Waals surface area contributed by atoms with Crippen LogP contribution < -0.4 is 10.6 Å². The van der Waals surface area contributed by atoms with Crippen molar-refractivity contribution in [2.24, 2.45) is 5.92 Å². The highest BCUT2D eigenvalue weighted by molar-refractivity contribution is 5.85. The molecule has 2 aromatic carbocycles. The number of fused-ring (bicyclic) bond motifs is 3. The standard InChI is InChI=1S/C26H32N2O6/c1-16(2)11-12-22(24(30)27-14-13-23(29)25(31)32)28-26(33)34-15-21-19-9-5-3-7-17(19)18-8-4-6-10-20(18)21/h3-10,16,21-23,29H,11-15H2,1-2H3,(H,27,30)(H,28,33)(H,31,32). The summed E-state index contributed by atoms with van der Waals surface area (Å²) in [5.74, 6) is -1.54. The molecule has 2 aromatic rings. The van der Waals surface area contributed by atoms with Gasteiger partial charge in [0.25, 0.3) is 0 Å². The van der Waals surface area contributed by atoms with Crippen LogP contribution in [0.3, 0.4) is 0 Å². The molecule has 0 aliphatic heterocycles. The molecule has 3 rings (SSSR count). The van der Waals surface area contributed by atoms with Crippen LogP contribution in [0.15, 0.2) is 48.5 Å². The molecule has 2 amide bonds. The van der Waals surface area contributed by atoms with Gasteiger partial charge in [-0.1, -0.05) is 62.4 Å². The normalized spacial score (nSPS) is 14.1. The van der Waals surface area contributed by atoms with E-state index in [1.165, 1.54) is 0 Å². The summed E-state index contributed by atoms with van der Waals surface area (Å²) in [6, 6.07) is 15.3. The number of rotatable bonds is 11. The van der Waals surface area contributed by atoms with Crippen LogP contribution in [0.5, 0.6) is 0 Å². The molecular formula is C26H32N2O6. The molecule has 0 aromatic heterocycles. The first-order chi connectivity index (χ1) is 16.3. The molecule has 8 heteroatoms. The van der Waals surface area contributed by atoms with Gasteiger partial charge in [-0.2, -0.15) is 0 Å². The van der Waals surface area contributed by atoms with E-state index in [0.29, 0.717) is 18.8 Å². The van der Waals surface area contributed by atoms with Gasteiger partial charge in [0.05, 0.1) is 0 Å². The first-order valence-corrected chi connectivity index (χ1v) is 11.6. The lowest BCUT2D eigenvalue weighted by Crippen LogP contribution is -2.47. The lowest BCUT2D eigenvalue weighted by molar-refractivity contribution is -0.147. The number of carbonyl (C=O) groups excluding carboxylic acids is 2. The van der Waals surface area contributed by atoms with Crippen LogP contribution in [-0.2, 0) is 14.3 Å². The summed E-state index contributed by atoms with van der Waals surface area (Å²) in [5.41, 5.74) is 4.46. The summed E-state index contributed by atoms with van der Waals surface area (Å²) in [6.45, 7) is 4.16. The maximum absolute atomic E-state index is 12.6. The lowest BCUT2D eigenvalue weighted by Gasteiger charge is -2.20. The summed E-state index contributed by atoms with van der Waals surface area (Å²) in [6.07, 6.45) is -1.24. The van der Waals surface area contributed by atoms with Crippen LogP contribution in [0, 0.1) is 5.92 Å². The summed E-state index contributed by atoms with van der Waals surface area (Å²) >= 11 is 0. The van der Waals surface area contributed by atoms with Gasteiger partial charge < -0.3 is 25.6 Å². The molecule has 1 aliphatic carbocycles. The molecule has 0 bridgehead atoms. The Labute approximate surface area is 199 Å². The monoisotopic (exact) mass is 468 g/mol. The smallest absolute Gasteiger partial charge is 0.407 e. The van der Waals surface area contributed by atoms with E-state index in [4.69, 9.17) is 9.84 Å². The van der Waals surface area contributed by atoms with E-state index in [-0.39, 0.29) is 25.5 Å². The number of aliphatic hydroxyl groups is 1. The third kappa shape index (κ3) is 6.35. The highest BCUT2D eigenvalue weighted by atomic mass is 16.5. The third-order valence-corrected chi connectivity index (χ3v) is 5.99. The summed E-state index contributed by atoms with van der Waals surface area (Å²) in [4.78, 5) is 36.0. The van der Waals surface area contributed by atoms with Crippen LogP contribution in [0.25, 0.3) is 11.1 Å². The molecule has 182 valence electrons. The van der Waals surface area contributed by atoms with E-state index < -0.39 is 30.1 Å². The molecule has 0 spiro atoms. The number of aliphatic carboxylic acids is 1. The highest BCUT2D eigenvalue weighted by Gasteiger charge is 2.30. The number of hydrogen-bond acceptors (Lipinski definition) is 5. The SMILES string of the molecule is CC(C)CCC(NC(=O)OCC1c2ccccc2-c2ccccc21)C(=O)NCCC(O)C(=O)O. The molecule has 8 nitrogen and oxygen atoms in total. The minimum absolute atomic E-state index is 0.0170. The predicted molar refractivity (Wildman–Crippen MR) is 127 cm³/mol. The minimum atomic E-state index is -1.55. The quantitative estimate of drug-likeness (QED) is 0.401. The molecule has 0 saturated heterocycles. The van der Waals surface area contributed by atoms with Crippen molar-refractivity contribution in [2.45, 2.75) is 51.2 Å². The van der Waals surface area contributed by atoms with Gasteiger partial charge in [-0.05, 0) is 41.0 Å². The van der Waals surface area contributed by atoms with E-state index >= 15 is 0 Å². The topological polar surface area (TPSA) is 125 Å². The molecule has 4 N–H and O–H groups in total. The van der Waals surface area contributed by atoms with Crippen molar-refractivity contribution in [3.05, 3.63) is 59.7 Å². The second-order valence-corrected chi connectivity index (χ2v) is 8.93. The molecule has 1 aliphatic rings. The van der Waals surface area contributed by atoms with Gasteiger partial charge in [0.2, 0.25) is 5.91 Å². The molecule has 0 radical (unpaired) electrons. The van der Waals surface area contributed by atoms with Gasteiger partial charge in [-0.15, -0.1) is 0 Å². The average Bonchev–Trinajstić information content (AvgIpc) is 3.13. The van der Waals surface area contributed by atoms with Crippen molar-refractivity contribution in [1.82, 2.24) is 10.6 Å². The van der Waals surface area contributed by atoms with Crippen LogP contribution >= 0.6 is 0 Å². The average molecular weight is 469 g/mol. The number of ether oxygens (including phenoxy) is 1. The Morgan fingerprint density at radius 1 is 0.941 bits per heavy atom. The summed E-state index contributed by atoms with van der Waals surface area (Å²) in [7, 11) is 0. The van der Waals surface area contributed by atoms with Gasteiger partial charge >= 0.3 is 12.1 Å². The number of nitrogens with one attached hydrogen (secondary N) is 2. The number of aliphatic hydroxyl groups excluding tert-OH is 1. The number of carboxylic acids is 1. The van der Waals surface area contributed by atoms with Crippen molar-refractivity contribution in [2.75, 3.05) is 13.2 Å². The van der Waals surface area contributed by atoms with Crippen molar-refractivity contribution in [3.63, 3.8) is 0 Å². The number of amides is 2. The Balaban J connectivity index is 1.60. The van der Waals surface area contributed by atoms with Gasteiger partial charge in [0, 0.05) is 18.9 Å². The molecule has 0 fully saturated rings. The maximum atomic E-state index is 12.6. The van der Waals surface area contributed by atoms with E-state index in [1.54, 1.807) is 0 Å². The Kier molecular flexibility index (Phi) is 8.65. The van der Waals surface area contributed by atoms with Crippen molar-refractivity contribution < 1.29 is 29.3 Å². The molecular weight excluding hydrogens is 436 g/mol. The van der Waals surface area contributed by atoms with Gasteiger partial charge in [-0.3, -0.25) is 4.79 Å². The molecule has 0 saturated carbocycles. The van der Waals surface area contributed by atoms with E-state index in [9.17, 15) is 19.5 Å². The zero-order valence-electron chi connectivity index (χ0n) is 19.5. The zero-order valence-corrected chi connectivity index (χ0v) is 19.5. The van der Waals surface area contributed by atoms with Crippen molar-refractivity contribution in [1.29, 1.82) is 0 Å². The Morgan fingerprint density at radius 2 is 1.53 bits per heavy atom. The van der Waals surface area contributed by atoms with E-state index in [0.717, 1.165) is 22.3 Å². The van der Waals surface area contributed by atoms with Crippen LogP contribution in [0.2, 0.25) is 0 Å². The molecule has 2 unspecified atom stereocenters. The highest BCUT2D eigenvalue weighted by Crippen LogP contribution is 2.44. The maximum Gasteiger partial charge on any atom is 0.407 e. The zero-order chi connectivity index (χ0) is 24.7. The molecule has 2 atom stereocenters. The largest absolute Gasteiger partial charge is 0.479 e. The number of carbonyl (C=O) groups is 3. The number of benzene rings is 2. The van der Waals surface area contributed by atoms with Crippen LogP contribution in [-0.4, -0.2) is 53.5 Å². The number of carboxylic acid groups (broad SMARTS) is 1. The summed E-state index contributed by atoms with van der Waals surface area (Å²) in [5, 5.41) is 23.4. The molecule has 0 heterocycles. The van der Waals surface area contributed by atoms with E-state index in [1.807, 2.05) is 50.2 Å². The number of hydrogen-bond donors (Lipinski definition) is 4. The second kappa shape index (κ2) is 11.7. The van der Waals surface area contributed by atoms with E-state index in [2.05, 4.69) is 22.8 Å². The van der Waals surface area contributed by atoms with Crippen molar-refractivity contribution >= 4 is 18.0 Å². The fourth-order valence-corrected chi connectivity index (χ4v) is 4.13. The summed E-state index contributed by atoms with van der Waals surface area (Å²) < 4.78 is 5.55. The first-order valence-electron chi connectivity index (χ1n) is 11.6. The lowest BCUT2D eigenvalue weighted by atomic mass is 9.98.